The molecule has 5 nitrogen and oxygen atoms in total. The number of esters is 1. The van der Waals surface area contributed by atoms with Crippen LogP contribution in [0.3, 0.4) is 0 Å². The first-order valence-corrected chi connectivity index (χ1v) is 12.4. The van der Waals surface area contributed by atoms with Gasteiger partial charge >= 0.3 is 43.0 Å². The summed E-state index contributed by atoms with van der Waals surface area (Å²) in [7, 11) is 0. The van der Waals surface area contributed by atoms with Gasteiger partial charge in [0.05, 0.1) is 0 Å². The Balaban J connectivity index is 2.55. The quantitative estimate of drug-likeness (QED) is 0.193. The first kappa shape index (κ1) is 40.2. The molecular weight excluding hydrogens is 705 g/mol. The molecule has 0 amide bonds. The van der Waals surface area contributed by atoms with Crippen LogP contribution in [0.4, 0.5) is 83.4 Å². The van der Waals surface area contributed by atoms with E-state index in [9.17, 15) is 104 Å². The number of alkyl halides is 19. The van der Waals surface area contributed by atoms with Crippen LogP contribution in [0.25, 0.3) is 0 Å². The number of hydrogen-bond donors (Lipinski definition) is 3. The lowest BCUT2D eigenvalue weighted by atomic mass is 9.68. The molecule has 272 valence electrons. The fraction of sp³-hybridized carbons (Fsp3) is 0.955. The molecule has 24 heteroatoms. The first-order chi connectivity index (χ1) is 19.9. The SMILES string of the molecule is CC(F)(CC(O)(C(F)(F)F)C(F)(F)F)C(=O)OC1CC2CC1C(CC(O)(C(F)(F)F)C(F)(F)F)C2CC(O)(C(F)(F)F)C(F)(F)F. The highest BCUT2D eigenvalue weighted by Crippen LogP contribution is 2.62. The first-order valence-electron chi connectivity index (χ1n) is 12.4. The van der Waals surface area contributed by atoms with Crippen molar-refractivity contribution in [3.05, 3.63) is 0 Å². The van der Waals surface area contributed by atoms with Crippen LogP contribution < -0.4 is 0 Å². The van der Waals surface area contributed by atoms with Crippen LogP contribution in [0.5, 0.6) is 0 Å². The van der Waals surface area contributed by atoms with Crippen LogP contribution in [-0.2, 0) is 9.53 Å². The summed E-state index contributed by atoms with van der Waals surface area (Å²) in [5, 5.41) is 28.4. The Labute approximate surface area is 243 Å². The largest absolute Gasteiger partial charge is 0.460 e. The van der Waals surface area contributed by atoms with Gasteiger partial charge in [0.25, 0.3) is 16.8 Å². The zero-order valence-corrected chi connectivity index (χ0v) is 22.3. The number of fused-ring (bicyclic) bond motifs is 2. The number of hydrogen-bond acceptors (Lipinski definition) is 5. The second-order valence-corrected chi connectivity index (χ2v) is 11.5. The molecule has 2 saturated carbocycles. The van der Waals surface area contributed by atoms with E-state index in [-0.39, 0.29) is 6.92 Å². The van der Waals surface area contributed by atoms with Crippen LogP contribution in [0.1, 0.15) is 39.0 Å². The fourth-order valence-corrected chi connectivity index (χ4v) is 5.93. The predicted octanol–water partition coefficient (Wildman–Crippen LogP) is 6.64. The third-order valence-electron chi connectivity index (χ3n) is 8.44. The zero-order valence-electron chi connectivity index (χ0n) is 22.3. The highest BCUT2D eigenvalue weighted by Gasteiger charge is 2.76. The lowest BCUT2D eigenvalue weighted by Gasteiger charge is -2.44. The van der Waals surface area contributed by atoms with Crippen molar-refractivity contribution in [3.8, 4) is 0 Å². The molecule has 0 aromatic heterocycles. The molecule has 0 saturated heterocycles. The van der Waals surface area contributed by atoms with E-state index in [1.54, 1.807) is 0 Å². The van der Waals surface area contributed by atoms with Gasteiger partial charge in [-0.3, -0.25) is 0 Å². The molecule has 2 fully saturated rings. The molecule has 0 aromatic carbocycles. The normalized spacial score (nSPS) is 27.2. The highest BCUT2D eigenvalue weighted by molar-refractivity contribution is 5.79. The maximum atomic E-state index is 14.9. The fourth-order valence-electron chi connectivity index (χ4n) is 5.93. The van der Waals surface area contributed by atoms with Gasteiger partial charge in [-0.15, -0.1) is 0 Å². The Morgan fingerprint density at radius 3 is 1.22 bits per heavy atom. The summed E-state index contributed by atoms with van der Waals surface area (Å²) in [4.78, 5) is 12.3. The number of ether oxygens (including phenoxy) is 1. The Kier molecular flexibility index (Phi) is 9.87. The van der Waals surface area contributed by atoms with Gasteiger partial charge in [0, 0.05) is 6.42 Å². The van der Waals surface area contributed by atoms with Gasteiger partial charge in [0.2, 0.25) is 5.67 Å². The van der Waals surface area contributed by atoms with Gasteiger partial charge in [-0.25, -0.2) is 9.18 Å². The summed E-state index contributed by atoms with van der Waals surface area (Å²) in [6.07, 6.45) is -53.2. The van der Waals surface area contributed by atoms with E-state index in [1.807, 2.05) is 0 Å². The summed E-state index contributed by atoms with van der Waals surface area (Å²) < 4.78 is 258. The van der Waals surface area contributed by atoms with Crippen LogP contribution in [0, 0.1) is 23.7 Å². The minimum absolute atomic E-state index is 0.301. The Morgan fingerprint density at radius 1 is 0.565 bits per heavy atom. The second kappa shape index (κ2) is 11.3. The van der Waals surface area contributed by atoms with E-state index in [1.165, 1.54) is 0 Å². The second-order valence-electron chi connectivity index (χ2n) is 11.5. The van der Waals surface area contributed by atoms with E-state index in [4.69, 9.17) is 0 Å². The van der Waals surface area contributed by atoms with E-state index >= 15 is 0 Å². The average Bonchev–Trinajstić information content (AvgIpc) is 3.32. The van der Waals surface area contributed by atoms with Crippen LogP contribution in [0.2, 0.25) is 0 Å². The predicted molar refractivity (Wildman–Crippen MR) is 108 cm³/mol. The number of aliphatic hydroxyl groups is 3. The van der Waals surface area contributed by atoms with Gasteiger partial charge in [-0.05, 0) is 56.3 Å². The average molecular weight is 726 g/mol. The highest BCUT2D eigenvalue weighted by atomic mass is 19.4. The van der Waals surface area contributed by atoms with Crippen molar-refractivity contribution < 1.29 is 108 Å². The van der Waals surface area contributed by atoms with Gasteiger partial charge < -0.3 is 20.1 Å². The smallest absolute Gasteiger partial charge is 0.426 e. The Hall–Kier alpha value is -1.98. The topological polar surface area (TPSA) is 87.0 Å². The minimum Gasteiger partial charge on any atom is -0.460 e. The zero-order chi connectivity index (χ0) is 36.7. The summed E-state index contributed by atoms with van der Waals surface area (Å²) in [5.74, 6) is -12.3. The van der Waals surface area contributed by atoms with Crippen molar-refractivity contribution in [1.82, 2.24) is 0 Å². The maximum absolute atomic E-state index is 14.9. The van der Waals surface area contributed by atoms with Crippen molar-refractivity contribution in [1.29, 1.82) is 0 Å². The molecule has 2 aliphatic carbocycles. The summed E-state index contributed by atoms with van der Waals surface area (Å²) in [6.45, 7) is -0.301. The van der Waals surface area contributed by atoms with Crippen molar-refractivity contribution in [3.63, 3.8) is 0 Å². The lowest BCUT2D eigenvalue weighted by molar-refractivity contribution is -0.381. The third-order valence-corrected chi connectivity index (χ3v) is 8.44. The number of carbonyl (C=O) groups excluding carboxylic acids is 1. The molecule has 2 aliphatic rings. The molecule has 0 heterocycles. The molecule has 2 rings (SSSR count). The maximum Gasteiger partial charge on any atom is 0.426 e. The Morgan fingerprint density at radius 2 is 0.891 bits per heavy atom. The van der Waals surface area contributed by atoms with Crippen LogP contribution >= 0.6 is 0 Å². The molecule has 3 N–H and O–H groups in total. The molecule has 0 spiro atoms. The van der Waals surface area contributed by atoms with Gasteiger partial charge in [-0.1, -0.05) is 0 Å². The summed E-state index contributed by atoms with van der Waals surface area (Å²) in [6, 6.07) is 0. The number of carbonyl (C=O) groups is 1. The standard InChI is InChI=1S/C22H21F19O5/c1-13(23,6-16(45,21(36,37)38)22(39,40)41)12(42)46-11-3-7-2-8(11)10(5-15(44,19(30,31)32)20(33,34)35)9(7)4-14(43,17(24,25)26)18(27,28)29/h7-11,43-45H,2-6H2,1H3. The lowest BCUT2D eigenvalue weighted by Crippen LogP contribution is -2.61. The Bertz CT molecular complexity index is 1070. The molecule has 0 radical (unpaired) electrons. The number of rotatable bonds is 8. The molecule has 0 aliphatic heterocycles. The van der Waals surface area contributed by atoms with E-state index < -0.39 is 127 Å². The van der Waals surface area contributed by atoms with E-state index in [2.05, 4.69) is 4.74 Å². The number of halogens is 19. The van der Waals surface area contributed by atoms with Gasteiger partial charge in [-0.2, -0.15) is 79.0 Å². The van der Waals surface area contributed by atoms with Gasteiger partial charge in [0.15, 0.2) is 0 Å². The minimum atomic E-state index is -6.72. The van der Waals surface area contributed by atoms with E-state index in [0.29, 0.717) is 0 Å². The van der Waals surface area contributed by atoms with Crippen molar-refractivity contribution >= 4 is 5.97 Å². The van der Waals surface area contributed by atoms with Crippen LogP contribution in [0.15, 0.2) is 0 Å². The molecule has 46 heavy (non-hydrogen) atoms. The molecule has 2 bridgehead atoms. The molecule has 6 unspecified atom stereocenters. The van der Waals surface area contributed by atoms with E-state index in [0.717, 1.165) is 0 Å². The molecule has 6 atom stereocenters. The van der Waals surface area contributed by atoms with Gasteiger partial charge in [0.1, 0.15) is 6.10 Å². The van der Waals surface area contributed by atoms with Crippen molar-refractivity contribution in [2.45, 2.75) is 105 Å². The van der Waals surface area contributed by atoms with Crippen molar-refractivity contribution in [2.75, 3.05) is 0 Å². The molecule has 0 aromatic rings. The van der Waals surface area contributed by atoms with Crippen molar-refractivity contribution in [2.24, 2.45) is 23.7 Å². The third kappa shape index (κ3) is 6.79. The summed E-state index contributed by atoms with van der Waals surface area (Å²) in [5.41, 5.74) is -22.0. The monoisotopic (exact) mass is 726 g/mol. The molecular formula is C22H21F19O5. The summed E-state index contributed by atoms with van der Waals surface area (Å²) >= 11 is 0. The van der Waals surface area contributed by atoms with Crippen LogP contribution in [-0.4, -0.2) is 86.9 Å².